The van der Waals surface area contributed by atoms with Crippen molar-refractivity contribution in [2.24, 2.45) is 4.99 Å². The molecular formula is C13H15NO2S. The van der Waals surface area contributed by atoms with Gasteiger partial charge in [0.05, 0.1) is 11.1 Å². The quantitative estimate of drug-likeness (QED) is 0.773. The van der Waals surface area contributed by atoms with Crippen LogP contribution in [0.5, 0.6) is 0 Å². The summed E-state index contributed by atoms with van der Waals surface area (Å²) in [4.78, 5) is 16.1. The number of carbonyl (C=O) groups excluding carboxylic acids is 1. The summed E-state index contributed by atoms with van der Waals surface area (Å²) in [6.45, 7) is 3.70. The van der Waals surface area contributed by atoms with Crippen LogP contribution >= 0.6 is 11.8 Å². The smallest absolute Gasteiger partial charge is 0.332 e. The summed E-state index contributed by atoms with van der Waals surface area (Å²) >= 11 is 1.61. The summed E-state index contributed by atoms with van der Waals surface area (Å²) in [7, 11) is 0. The Bertz CT molecular complexity index is 428. The average Bonchev–Trinajstić information content (AvgIpc) is 2.78. The second kappa shape index (κ2) is 5.36. The zero-order valence-electron chi connectivity index (χ0n) is 9.92. The highest BCUT2D eigenvalue weighted by atomic mass is 32.2. The van der Waals surface area contributed by atoms with Crippen LogP contribution in [0, 0.1) is 0 Å². The van der Waals surface area contributed by atoms with E-state index in [9.17, 15) is 4.79 Å². The zero-order valence-corrected chi connectivity index (χ0v) is 10.7. The van der Waals surface area contributed by atoms with Gasteiger partial charge in [-0.25, -0.2) is 4.79 Å². The van der Waals surface area contributed by atoms with Gasteiger partial charge in [0.2, 0.25) is 0 Å². The standard InChI is InChI=1S/C13H15NO2S/c1-9(2)16-13(15)11-8-17-12(14-11)10-6-4-3-5-7-10/h3-7,9,11H,8H2,1-2H3. The molecule has 1 aromatic carbocycles. The first-order valence-corrected chi connectivity index (χ1v) is 6.62. The lowest BCUT2D eigenvalue weighted by atomic mass is 10.2. The van der Waals surface area contributed by atoms with Crippen molar-refractivity contribution in [1.29, 1.82) is 0 Å². The fourth-order valence-electron chi connectivity index (χ4n) is 1.54. The number of esters is 1. The lowest BCUT2D eigenvalue weighted by Gasteiger charge is -2.09. The van der Waals surface area contributed by atoms with Gasteiger partial charge in [-0.15, -0.1) is 11.8 Å². The highest BCUT2D eigenvalue weighted by Crippen LogP contribution is 2.24. The van der Waals surface area contributed by atoms with Crippen LogP contribution in [0.1, 0.15) is 19.4 Å². The SMILES string of the molecule is CC(C)OC(=O)C1CSC(c2ccccc2)=N1. The van der Waals surface area contributed by atoms with E-state index in [2.05, 4.69) is 4.99 Å². The molecule has 1 aliphatic heterocycles. The number of ether oxygens (including phenoxy) is 1. The van der Waals surface area contributed by atoms with Gasteiger partial charge in [-0.3, -0.25) is 4.99 Å². The average molecular weight is 249 g/mol. The minimum atomic E-state index is -0.349. The van der Waals surface area contributed by atoms with E-state index in [1.807, 2.05) is 44.2 Å². The van der Waals surface area contributed by atoms with E-state index in [4.69, 9.17) is 4.74 Å². The maximum atomic E-state index is 11.7. The molecule has 3 nitrogen and oxygen atoms in total. The molecule has 0 N–H and O–H groups in total. The molecule has 1 aromatic rings. The number of hydrogen-bond donors (Lipinski definition) is 0. The molecule has 1 atom stereocenters. The lowest BCUT2D eigenvalue weighted by Crippen LogP contribution is -2.24. The van der Waals surface area contributed by atoms with Gasteiger partial charge in [0.15, 0.2) is 6.04 Å². The second-order valence-electron chi connectivity index (χ2n) is 4.11. The van der Waals surface area contributed by atoms with Gasteiger partial charge in [0.1, 0.15) is 0 Å². The summed E-state index contributed by atoms with van der Waals surface area (Å²) < 4.78 is 5.16. The normalized spacial score (nSPS) is 19.2. The third kappa shape index (κ3) is 3.09. The number of benzene rings is 1. The van der Waals surface area contributed by atoms with Gasteiger partial charge in [-0.1, -0.05) is 30.3 Å². The highest BCUT2D eigenvalue weighted by Gasteiger charge is 2.27. The molecule has 0 bridgehead atoms. The van der Waals surface area contributed by atoms with Gasteiger partial charge in [0.25, 0.3) is 0 Å². The Kier molecular flexibility index (Phi) is 3.84. The Labute approximate surface area is 105 Å². The van der Waals surface area contributed by atoms with Gasteiger partial charge in [-0.05, 0) is 13.8 Å². The molecule has 4 heteroatoms. The molecule has 1 aliphatic rings. The van der Waals surface area contributed by atoms with E-state index in [0.29, 0.717) is 5.75 Å². The highest BCUT2D eigenvalue weighted by molar-refractivity contribution is 8.14. The molecular weight excluding hydrogens is 234 g/mol. The van der Waals surface area contributed by atoms with Crippen molar-refractivity contribution in [3.05, 3.63) is 35.9 Å². The van der Waals surface area contributed by atoms with Crippen LogP contribution in [-0.4, -0.2) is 28.9 Å². The maximum absolute atomic E-state index is 11.7. The third-order valence-electron chi connectivity index (χ3n) is 2.30. The van der Waals surface area contributed by atoms with Crippen molar-refractivity contribution in [3.8, 4) is 0 Å². The fraction of sp³-hybridized carbons (Fsp3) is 0.385. The predicted octanol–water partition coefficient (Wildman–Crippen LogP) is 2.50. The molecule has 1 heterocycles. The summed E-state index contributed by atoms with van der Waals surface area (Å²) in [5, 5.41) is 0.927. The number of aliphatic imine (C=N–C) groups is 1. The molecule has 0 aliphatic carbocycles. The predicted molar refractivity (Wildman–Crippen MR) is 70.5 cm³/mol. The van der Waals surface area contributed by atoms with Crippen LogP contribution in [0.25, 0.3) is 0 Å². The van der Waals surface area contributed by atoms with Crippen molar-refractivity contribution in [3.63, 3.8) is 0 Å². The van der Waals surface area contributed by atoms with Gasteiger partial charge in [-0.2, -0.15) is 0 Å². The van der Waals surface area contributed by atoms with E-state index >= 15 is 0 Å². The Morgan fingerprint density at radius 1 is 1.41 bits per heavy atom. The van der Waals surface area contributed by atoms with Crippen molar-refractivity contribution >= 4 is 22.8 Å². The number of hydrogen-bond acceptors (Lipinski definition) is 4. The second-order valence-corrected chi connectivity index (χ2v) is 5.12. The number of carbonyl (C=O) groups is 1. The summed E-state index contributed by atoms with van der Waals surface area (Å²) in [5.41, 5.74) is 1.07. The van der Waals surface area contributed by atoms with Gasteiger partial charge < -0.3 is 4.74 Å². The van der Waals surface area contributed by atoms with Gasteiger partial charge in [0, 0.05) is 11.3 Å². The van der Waals surface area contributed by atoms with Crippen molar-refractivity contribution in [1.82, 2.24) is 0 Å². The Hall–Kier alpha value is -1.29. The summed E-state index contributed by atoms with van der Waals surface area (Å²) in [6, 6.07) is 9.56. The third-order valence-corrected chi connectivity index (χ3v) is 3.39. The van der Waals surface area contributed by atoms with E-state index < -0.39 is 0 Å². The van der Waals surface area contributed by atoms with Crippen LogP contribution in [0.15, 0.2) is 35.3 Å². The first kappa shape index (κ1) is 12.2. The molecule has 90 valence electrons. The summed E-state index contributed by atoms with van der Waals surface area (Å²) in [6.07, 6.45) is -0.0801. The largest absolute Gasteiger partial charge is 0.461 e. The minimum absolute atomic E-state index is 0.0801. The van der Waals surface area contributed by atoms with E-state index in [-0.39, 0.29) is 18.1 Å². The Balaban J connectivity index is 2.07. The number of rotatable bonds is 3. The fourth-order valence-corrected chi connectivity index (χ4v) is 2.58. The maximum Gasteiger partial charge on any atom is 0.332 e. The van der Waals surface area contributed by atoms with E-state index in [1.165, 1.54) is 0 Å². The molecule has 0 saturated carbocycles. The van der Waals surface area contributed by atoms with E-state index in [0.717, 1.165) is 10.6 Å². The first-order valence-electron chi connectivity index (χ1n) is 5.63. The minimum Gasteiger partial charge on any atom is -0.461 e. The molecule has 0 amide bonds. The van der Waals surface area contributed by atoms with Crippen molar-refractivity contribution in [2.75, 3.05) is 5.75 Å². The van der Waals surface area contributed by atoms with Crippen LogP contribution in [-0.2, 0) is 9.53 Å². The van der Waals surface area contributed by atoms with Crippen molar-refractivity contribution in [2.45, 2.75) is 26.0 Å². The number of nitrogens with zero attached hydrogens (tertiary/aromatic N) is 1. The molecule has 1 unspecified atom stereocenters. The Morgan fingerprint density at radius 2 is 2.12 bits per heavy atom. The molecule has 17 heavy (non-hydrogen) atoms. The number of thioether (sulfide) groups is 1. The molecule has 0 saturated heterocycles. The van der Waals surface area contributed by atoms with Crippen LogP contribution in [0.4, 0.5) is 0 Å². The zero-order chi connectivity index (χ0) is 12.3. The molecule has 0 fully saturated rings. The Morgan fingerprint density at radius 3 is 2.76 bits per heavy atom. The summed E-state index contributed by atoms with van der Waals surface area (Å²) in [5.74, 6) is 0.453. The van der Waals surface area contributed by atoms with Gasteiger partial charge >= 0.3 is 5.97 Å². The lowest BCUT2D eigenvalue weighted by molar-refractivity contribution is -0.148. The van der Waals surface area contributed by atoms with Crippen LogP contribution < -0.4 is 0 Å². The van der Waals surface area contributed by atoms with Crippen LogP contribution in [0.3, 0.4) is 0 Å². The van der Waals surface area contributed by atoms with E-state index in [1.54, 1.807) is 11.8 Å². The molecule has 0 radical (unpaired) electrons. The first-order chi connectivity index (χ1) is 8.16. The van der Waals surface area contributed by atoms with Crippen LogP contribution in [0.2, 0.25) is 0 Å². The topological polar surface area (TPSA) is 38.7 Å². The molecule has 2 rings (SSSR count). The monoisotopic (exact) mass is 249 g/mol. The molecule has 0 aromatic heterocycles. The van der Waals surface area contributed by atoms with Crippen molar-refractivity contribution < 1.29 is 9.53 Å². The molecule has 0 spiro atoms.